The summed E-state index contributed by atoms with van der Waals surface area (Å²) in [5.41, 5.74) is 0.506. The molecule has 0 spiro atoms. The van der Waals surface area contributed by atoms with Gasteiger partial charge in [0, 0.05) is 17.5 Å². The third kappa shape index (κ3) is 3.20. The lowest BCUT2D eigenvalue weighted by molar-refractivity contribution is -0.384. The number of carboxylic acid groups (broad SMARTS) is 1. The summed E-state index contributed by atoms with van der Waals surface area (Å²) >= 11 is 1.10. The van der Waals surface area contributed by atoms with Crippen LogP contribution in [0, 0.1) is 10.1 Å². The third-order valence-corrected chi connectivity index (χ3v) is 3.48. The van der Waals surface area contributed by atoms with E-state index >= 15 is 0 Å². The first-order valence-corrected chi connectivity index (χ1v) is 6.53. The summed E-state index contributed by atoms with van der Waals surface area (Å²) < 4.78 is 0. The number of anilines is 1. The SMILES string of the molecule is O=CNc1nc(C(C(=O)O)c2ccc([N+](=O)[O-])cc2)cs1. The zero-order chi connectivity index (χ0) is 15.4. The van der Waals surface area contributed by atoms with Gasteiger partial charge in [0.2, 0.25) is 6.41 Å². The highest BCUT2D eigenvalue weighted by molar-refractivity contribution is 7.13. The molecule has 0 bridgehead atoms. The quantitative estimate of drug-likeness (QED) is 0.477. The Hall–Kier alpha value is -2.81. The number of nitrogens with one attached hydrogen (secondary N) is 1. The molecule has 21 heavy (non-hydrogen) atoms. The Balaban J connectivity index is 2.35. The van der Waals surface area contributed by atoms with E-state index in [1.807, 2.05) is 0 Å². The Kier molecular flexibility index (Phi) is 4.24. The predicted molar refractivity (Wildman–Crippen MR) is 74.4 cm³/mol. The predicted octanol–water partition coefficient (Wildman–Crippen LogP) is 1.84. The molecule has 0 aliphatic carbocycles. The van der Waals surface area contributed by atoms with Crippen LogP contribution in [0.1, 0.15) is 17.2 Å². The van der Waals surface area contributed by atoms with Gasteiger partial charge in [-0.25, -0.2) is 4.98 Å². The van der Waals surface area contributed by atoms with Crippen molar-refractivity contribution in [3.05, 3.63) is 51.0 Å². The molecule has 0 saturated carbocycles. The Morgan fingerprint density at radius 3 is 2.62 bits per heavy atom. The molecule has 1 heterocycles. The largest absolute Gasteiger partial charge is 0.480 e. The number of aromatic nitrogens is 1. The molecule has 8 nitrogen and oxygen atoms in total. The Labute approximate surface area is 122 Å². The molecule has 1 aromatic carbocycles. The number of aliphatic carboxylic acids is 1. The van der Waals surface area contributed by atoms with Crippen LogP contribution in [-0.4, -0.2) is 27.4 Å². The minimum atomic E-state index is -1.13. The van der Waals surface area contributed by atoms with Gasteiger partial charge < -0.3 is 10.4 Å². The van der Waals surface area contributed by atoms with Gasteiger partial charge in [-0.2, -0.15) is 0 Å². The van der Waals surface area contributed by atoms with E-state index in [2.05, 4.69) is 10.3 Å². The van der Waals surface area contributed by atoms with E-state index in [1.165, 1.54) is 29.6 Å². The topological polar surface area (TPSA) is 122 Å². The van der Waals surface area contributed by atoms with Gasteiger partial charge in [-0.05, 0) is 5.56 Å². The molecule has 0 radical (unpaired) electrons. The molecule has 0 saturated heterocycles. The third-order valence-electron chi connectivity index (χ3n) is 2.68. The molecule has 1 atom stereocenters. The number of benzene rings is 1. The normalized spacial score (nSPS) is 11.6. The van der Waals surface area contributed by atoms with E-state index in [0.29, 0.717) is 12.0 Å². The highest BCUT2D eigenvalue weighted by Crippen LogP contribution is 2.29. The molecule has 0 aliphatic rings. The van der Waals surface area contributed by atoms with E-state index in [1.54, 1.807) is 0 Å². The van der Waals surface area contributed by atoms with Crippen LogP contribution in [0.4, 0.5) is 10.8 Å². The second kappa shape index (κ2) is 6.09. The summed E-state index contributed by atoms with van der Waals surface area (Å²) in [6, 6.07) is 5.23. The number of carboxylic acids is 1. The van der Waals surface area contributed by atoms with E-state index < -0.39 is 16.8 Å². The number of nitrogens with zero attached hydrogens (tertiary/aromatic N) is 2. The van der Waals surface area contributed by atoms with Crippen LogP contribution in [-0.2, 0) is 9.59 Å². The molecule has 1 aromatic heterocycles. The highest BCUT2D eigenvalue weighted by Gasteiger charge is 2.25. The highest BCUT2D eigenvalue weighted by atomic mass is 32.1. The van der Waals surface area contributed by atoms with Crippen molar-refractivity contribution in [1.82, 2.24) is 4.98 Å². The molecule has 2 N–H and O–H groups in total. The van der Waals surface area contributed by atoms with Crippen molar-refractivity contribution in [2.24, 2.45) is 0 Å². The summed E-state index contributed by atoms with van der Waals surface area (Å²) in [5.74, 6) is -2.18. The number of amides is 1. The first-order chi connectivity index (χ1) is 10.0. The van der Waals surface area contributed by atoms with Gasteiger partial charge >= 0.3 is 5.97 Å². The maximum absolute atomic E-state index is 11.4. The molecule has 2 rings (SSSR count). The number of hydrogen-bond acceptors (Lipinski definition) is 6. The number of hydrogen-bond donors (Lipinski definition) is 2. The van der Waals surface area contributed by atoms with Crippen LogP contribution in [0.3, 0.4) is 0 Å². The smallest absolute Gasteiger partial charge is 0.317 e. The summed E-state index contributed by atoms with van der Waals surface area (Å²) in [6.07, 6.45) is 0.449. The van der Waals surface area contributed by atoms with Crippen molar-refractivity contribution in [2.75, 3.05) is 5.32 Å². The van der Waals surface area contributed by atoms with Gasteiger partial charge in [0.05, 0.1) is 10.6 Å². The van der Waals surface area contributed by atoms with Crippen molar-refractivity contribution >= 4 is 34.5 Å². The number of nitro benzene ring substituents is 1. The second-order valence-corrected chi connectivity index (χ2v) is 4.82. The molecule has 1 amide bonds. The molecule has 2 aromatic rings. The molecular weight excluding hydrogens is 298 g/mol. The lowest BCUT2D eigenvalue weighted by atomic mass is 9.96. The van der Waals surface area contributed by atoms with Crippen LogP contribution < -0.4 is 5.32 Å². The number of non-ortho nitro benzene ring substituents is 1. The van der Waals surface area contributed by atoms with Gasteiger partial charge in [0.1, 0.15) is 5.92 Å². The Morgan fingerprint density at radius 2 is 2.10 bits per heavy atom. The number of carbonyl (C=O) groups excluding carboxylic acids is 1. The fraction of sp³-hybridized carbons (Fsp3) is 0.0833. The van der Waals surface area contributed by atoms with Crippen molar-refractivity contribution in [3.63, 3.8) is 0 Å². The summed E-state index contributed by atoms with van der Waals surface area (Å²) in [4.78, 5) is 35.8. The van der Waals surface area contributed by atoms with Crippen molar-refractivity contribution in [1.29, 1.82) is 0 Å². The van der Waals surface area contributed by atoms with Crippen molar-refractivity contribution in [2.45, 2.75) is 5.92 Å². The molecule has 0 fully saturated rings. The Bertz CT molecular complexity index is 682. The Morgan fingerprint density at radius 1 is 1.43 bits per heavy atom. The summed E-state index contributed by atoms with van der Waals surface area (Å²) in [5, 5.41) is 24.1. The molecule has 108 valence electrons. The maximum Gasteiger partial charge on any atom is 0.317 e. The average Bonchev–Trinajstić information content (AvgIpc) is 2.88. The maximum atomic E-state index is 11.4. The zero-order valence-corrected chi connectivity index (χ0v) is 11.2. The fourth-order valence-electron chi connectivity index (χ4n) is 1.76. The molecule has 9 heteroatoms. The van der Waals surface area contributed by atoms with E-state index in [4.69, 9.17) is 0 Å². The standard InChI is InChI=1S/C12H9N3O5S/c16-6-13-12-14-9(5-21-12)10(11(17)18)7-1-3-8(4-2-7)15(19)20/h1-6,10H,(H,17,18)(H,13,14,16). The van der Waals surface area contributed by atoms with Gasteiger partial charge in [-0.1, -0.05) is 12.1 Å². The minimum Gasteiger partial charge on any atom is -0.480 e. The van der Waals surface area contributed by atoms with Crippen molar-refractivity contribution in [3.8, 4) is 0 Å². The van der Waals surface area contributed by atoms with Crippen LogP contribution in [0.2, 0.25) is 0 Å². The van der Waals surface area contributed by atoms with Crippen LogP contribution >= 0.6 is 11.3 Å². The van der Waals surface area contributed by atoms with Gasteiger partial charge in [-0.15, -0.1) is 11.3 Å². The zero-order valence-electron chi connectivity index (χ0n) is 10.4. The second-order valence-electron chi connectivity index (χ2n) is 3.96. The molecule has 0 aliphatic heterocycles. The van der Waals surface area contributed by atoms with Crippen molar-refractivity contribution < 1.29 is 19.6 Å². The fourth-order valence-corrected chi connectivity index (χ4v) is 2.46. The first kappa shape index (κ1) is 14.6. The van der Waals surface area contributed by atoms with E-state index in [9.17, 15) is 24.8 Å². The number of nitro groups is 1. The van der Waals surface area contributed by atoms with E-state index in [-0.39, 0.29) is 16.5 Å². The van der Waals surface area contributed by atoms with Gasteiger partial charge in [-0.3, -0.25) is 19.7 Å². The van der Waals surface area contributed by atoms with Crippen LogP contribution in [0.5, 0.6) is 0 Å². The lowest BCUT2D eigenvalue weighted by Crippen LogP contribution is -2.13. The first-order valence-electron chi connectivity index (χ1n) is 5.65. The van der Waals surface area contributed by atoms with Crippen LogP contribution in [0.15, 0.2) is 29.6 Å². The molecular formula is C12H9N3O5S. The number of thiazole rings is 1. The average molecular weight is 307 g/mol. The minimum absolute atomic E-state index is 0.121. The monoisotopic (exact) mass is 307 g/mol. The van der Waals surface area contributed by atoms with Gasteiger partial charge in [0.15, 0.2) is 5.13 Å². The van der Waals surface area contributed by atoms with E-state index in [0.717, 1.165) is 11.3 Å². The van der Waals surface area contributed by atoms with Crippen LogP contribution in [0.25, 0.3) is 0 Å². The lowest BCUT2D eigenvalue weighted by Gasteiger charge is -2.09. The van der Waals surface area contributed by atoms with Gasteiger partial charge in [0.25, 0.3) is 5.69 Å². The number of carbonyl (C=O) groups is 2. The summed E-state index contributed by atoms with van der Waals surface area (Å²) in [7, 11) is 0. The molecule has 1 unspecified atom stereocenters. The summed E-state index contributed by atoms with van der Waals surface area (Å²) in [6.45, 7) is 0. The number of rotatable bonds is 6.